The van der Waals surface area contributed by atoms with Gasteiger partial charge in [-0.15, -0.1) is 0 Å². The molecule has 2 heteroatoms. The van der Waals surface area contributed by atoms with Gasteiger partial charge in [0.1, 0.15) is 0 Å². The van der Waals surface area contributed by atoms with Gasteiger partial charge in [0.15, 0.2) is 0 Å². The lowest BCUT2D eigenvalue weighted by atomic mass is 9.68. The first-order valence-corrected chi connectivity index (χ1v) is 13.0. The van der Waals surface area contributed by atoms with E-state index in [1.165, 1.54) is 26.1 Å². The Labute approximate surface area is 189 Å². The lowest BCUT2D eigenvalue weighted by molar-refractivity contribution is 0.0279. The monoisotopic (exact) mass is 418 g/mol. The topological polar surface area (TPSA) is 6.48 Å². The second-order valence-corrected chi connectivity index (χ2v) is 12.3. The molecule has 0 amide bonds. The largest absolute Gasteiger partial charge is 0.375 e. The zero-order valence-corrected chi connectivity index (χ0v) is 22.5. The molecule has 0 radical (unpaired) electrons. The van der Waals surface area contributed by atoms with Gasteiger partial charge in [-0.1, -0.05) is 54.0 Å². The summed E-state index contributed by atoms with van der Waals surface area (Å²) in [6, 6.07) is 1.33. The molecular weight excluding hydrogens is 364 g/mol. The van der Waals surface area contributed by atoms with E-state index >= 15 is 0 Å². The molecule has 2 rings (SSSR count). The van der Waals surface area contributed by atoms with Crippen molar-refractivity contribution in [3.8, 4) is 0 Å². The fraction of sp³-hybridized carbons (Fsp3) is 0.929. The zero-order valence-electron chi connectivity index (χ0n) is 22.5. The molecule has 176 valence electrons. The van der Waals surface area contributed by atoms with E-state index in [0.29, 0.717) is 12.1 Å². The predicted octanol–water partition coefficient (Wildman–Crippen LogP) is 7.17. The lowest BCUT2D eigenvalue weighted by Crippen LogP contribution is -2.51. The van der Waals surface area contributed by atoms with Crippen molar-refractivity contribution in [2.75, 3.05) is 19.6 Å². The first kappa shape index (κ1) is 25.8. The summed E-state index contributed by atoms with van der Waals surface area (Å²) < 4.78 is 0. The van der Waals surface area contributed by atoms with Crippen molar-refractivity contribution in [1.82, 2.24) is 9.80 Å². The molecule has 0 bridgehead atoms. The summed E-state index contributed by atoms with van der Waals surface area (Å²) in [7, 11) is 0. The van der Waals surface area contributed by atoms with Gasteiger partial charge in [-0.25, -0.2) is 0 Å². The molecule has 0 aromatic heterocycles. The van der Waals surface area contributed by atoms with Gasteiger partial charge in [0, 0.05) is 37.4 Å². The number of rotatable bonds is 6. The minimum absolute atomic E-state index is 0.648. The molecule has 6 atom stereocenters. The second-order valence-electron chi connectivity index (χ2n) is 12.3. The minimum Gasteiger partial charge on any atom is -0.375 e. The molecule has 2 nitrogen and oxygen atoms in total. The van der Waals surface area contributed by atoms with Gasteiger partial charge >= 0.3 is 0 Å². The molecule has 2 fully saturated rings. The molecule has 0 saturated carbocycles. The van der Waals surface area contributed by atoms with Crippen molar-refractivity contribution in [3.63, 3.8) is 0 Å². The predicted molar refractivity (Wildman–Crippen MR) is 134 cm³/mol. The van der Waals surface area contributed by atoms with Crippen molar-refractivity contribution >= 4 is 0 Å². The highest BCUT2D eigenvalue weighted by Crippen LogP contribution is 2.42. The number of hydrogen-bond donors (Lipinski definition) is 0. The molecule has 2 aliphatic heterocycles. The molecule has 0 aliphatic carbocycles. The molecule has 2 heterocycles. The van der Waals surface area contributed by atoms with E-state index in [-0.39, 0.29) is 0 Å². The summed E-state index contributed by atoms with van der Waals surface area (Å²) >= 11 is 0. The summed E-state index contributed by atoms with van der Waals surface area (Å²) in [6.45, 7) is 33.0. The van der Waals surface area contributed by atoms with Crippen LogP contribution in [0.25, 0.3) is 0 Å². The number of allylic oxidation sites excluding steroid dienone is 2. The first-order chi connectivity index (χ1) is 13.9. The Kier molecular flexibility index (Phi) is 8.94. The SMILES string of the molecule is C/C(=C(/C)N1CC(C)C(C(C)C)C(C(C)C)C1)C1CC(C)N(C(C)C)CC1C(C)C. The fourth-order valence-corrected chi connectivity index (χ4v) is 7.06. The summed E-state index contributed by atoms with van der Waals surface area (Å²) in [5.74, 6) is 6.21. The third-order valence-electron chi connectivity index (χ3n) is 8.94. The van der Waals surface area contributed by atoms with Crippen molar-refractivity contribution in [2.24, 2.45) is 47.3 Å². The van der Waals surface area contributed by atoms with Crippen LogP contribution in [0.4, 0.5) is 0 Å². The van der Waals surface area contributed by atoms with Crippen LogP contribution in [-0.2, 0) is 0 Å². The van der Waals surface area contributed by atoms with Gasteiger partial charge in [0.05, 0.1) is 0 Å². The Hall–Kier alpha value is -0.500. The van der Waals surface area contributed by atoms with Crippen LogP contribution in [0, 0.1) is 47.3 Å². The maximum atomic E-state index is 2.78. The molecule has 30 heavy (non-hydrogen) atoms. The standard InChI is InChI=1S/C28H54N2/c1-17(2)26-16-30(20(7)8)22(10)13-25(26)23(11)24(12)29-14-21(9)28(19(5)6)27(15-29)18(3)4/h17-22,25-28H,13-16H2,1-12H3/b24-23+. The highest BCUT2D eigenvalue weighted by molar-refractivity contribution is 5.17. The van der Waals surface area contributed by atoms with E-state index in [9.17, 15) is 0 Å². The van der Waals surface area contributed by atoms with Gasteiger partial charge in [-0.05, 0) is 88.4 Å². The van der Waals surface area contributed by atoms with Crippen LogP contribution in [0.15, 0.2) is 11.3 Å². The summed E-state index contributed by atoms with van der Waals surface area (Å²) in [4.78, 5) is 5.52. The van der Waals surface area contributed by atoms with Crippen LogP contribution in [0.1, 0.15) is 89.5 Å². The maximum Gasteiger partial charge on any atom is 0.0208 e. The van der Waals surface area contributed by atoms with Crippen LogP contribution in [0.5, 0.6) is 0 Å². The van der Waals surface area contributed by atoms with Crippen molar-refractivity contribution in [1.29, 1.82) is 0 Å². The molecule has 2 saturated heterocycles. The van der Waals surface area contributed by atoms with Gasteiger partial charge in [-0.2, -0.15) is 0 Å². The third kappa shape index (κ3) is 5.45. The van der Waals surface area contributed by atoms with E-state index < -0.39 is 0 Å². The van der Waals surface area contributed by atoms with E-state index in [2.05, 4.69) is 92.9 Å². The van der Waals surface area contributed by atoms with Gasteiger partial charge in [-0.3, -0.25) is 4.90 Å². The summed E-state index contributed by atoms with van der Waals surface area (Å²) in [5, 5.41) is 0. The van der Waals surface area contributed by atoms with E-state index in [1.54, 1.807) is 11.3 Å². The van der Waals surface area contributed by atoms with E-state index in [0.717, 1.165) is 47.3 Å². The highest BCUT2D eigenvalue weighted by Gasteiger charge is 2.40. The molecule has 0 aromatic carbocycles. The number of nitrogens with zero attached hydrogens (tertiary/aromatic N) is 2. The van der Waals surface area contributed by atoms with Gasteiger partial charge in [0.2, 0.25) is 0 Å². The van der Waals surface area contributed by atoms with Crippen LogP contribution < -0.4 is 0 Å². The molecule has 0 spiro atoms. The normalized spacial score (nSPS) is 35.0. The number of piperidine rings is 2. The Balaban J connectivity index is 2.30. The van der Waals surface area contributed by atoms with E-state index in [1.807, 2.05) is 0 Å². The van der Waals surface area contributed by atoms with Crippen molar-refractivity contribution in [3.05, 3.63) is 11.3 Å². The smallest absolute Gasteiger partial charge is 0.0208 e. The Morgan fingerprint density at radius 2 is 1.30 bits per heavy atom. The lowest BCUT2D eigenvalue weighted by Gasteiger charge is -2.50. The Bertz CT molecular complexity index is 573. The molecule has 2 aliphatic rings. The van der Waals surface area contributed by atoms with Gasteiger partial charge in [0.25, 0.3) is 0 Å². The summed E-state index contributed by atoms with van der Waals surface area (Å²) in [6.07, 6.45) is 1.32. The Morgan fingerprint density at radius 1 is 0.733 bits per heavy atom. The molecular formula is C28H54N2. The first-order valence-electron chi connectivity index (χ1n) is 13.0. The van der Waals surface area contributed by atoms with Gasteiger partial charge < -0.3 is 4.90 Å². The van der Waals surface area contributed by atoms with Crippen LogP contribution >= 0.6 is 0 Å². The number of likely N-dealkylation sites (tertiary alicyclic amines) is 2. The van der Waals surface area contributed by atoms with E-state index in [4.69, 9.17) is 0 Å². The molecule has 0 aromatic rings. The Morgan fingerprint density at radius 3 is 1.77 bits per heavy atom. The maximum absolute atomic E-state index is 2.78. The average molecular weight is 419 g/mol. The van der Waals surface area contributed by atoms with Crippen molar-refractivity contribution in [2.45, 2.75) is 102 Å². The fourth-order valence-electron chi connectivity index (χ4n) is 7.06. The van der Waals surface area contributed by atoms with Crippen LogP contribution in [0.3, 0.4) is 0 Å². The molecule has 6 unspecified atom stereocenters. The summed E-state index contributed by atoms with van der Waals surface area (Å²) in [5.41, 5.74) is 3.28. The molecule has 0 N–H and O–H groups in total. The van der Waals surface area contributed by atoms with Crippen LogP contribution in [-0.4, -0.2) is 41.5 Å². The third-order valence-corrected chi connectivity index (χ3v) is 8.94. The zero-order chi connectivity index (χ0) is 22.9. The van der Waals surface area contributed by atoms with Crippen molar-refractivity contribution < 1.29 is 0 Å². The minimum atomic E-state index is 0.648. The number of hydrogen-bond acceptors (Lipinski definition) is 2. The van der Waals surface area contributed by atoms with Crippen LogP contribution in [0.2, 0.25) is 0 Å². The second kappa shape index (κ2) is 10.4. The average Bonchev–Trinajstić information content (AvgIpc) is 2.64. The quantitative estimate of drug-likeness (QED) is 0.451. The highest BCUT2D eigenvalue weighted by atomic mass is 15.2.